The number of hydrogen-bond acceptors (Lipinski definition) is 3. The summed E-state index contributed by atoms with van der Waals surface area (Å²) in [7, 11) is -3.54. The predicted molar refractivity (Wildman–Crippen MR) is 78.0 cm³/mol. The Hall–Kier alpha value is -1.66. The van der Waals surface area contributed by atoms with E-state index in [1.807, 2.05) is 33.8 Å². The number of nitrogens with zero attached hydrogens (tertiary/aromatic N) is 1. The molecule has 0 atom stereocenters. The number of sulfonamides is 1. The van der Waals surface area contributed by atoms with Gasteiger partial charge in [-0.25, -0.2) is 18.1 Å². The van der Waals surface area contributed by atoms with Crippen molar-refractivity contribution in [1.82, 2.24) is 14.7 Å². The van der Waals surface area contributed by atoms with Gasteiger partial charge in [-0.1, -0.05) is 6.07 Å². The minimum absolute atomic E-state index is 0.203. The quantitative estimate of drug-likeness (QED) is 0.906. The fourth-order valence-corrected chi connectivity index (χ4v) is 3.83. The molecule has 0 aliphatic carbocycles. The van der Waals surface area contributed by atoms with E-state index in [9.17, 15) is 8.42 Å². The summed E-state index contributed by atoms with van der Waals surface area (Å²) in [6.07, 6.45) is 3.13. The number of aromatic amines is 1. The van der Waals surface area contributed by atoms with Crippen LogP contribution in [0.1, 0.15) is 27.9 Å². The third-order valence-electron chi connectivity index (χ3n) is 3.57. The minimum atomic E-state index is -3.54. The van der Waals surface area contributed by atoms with Crippen LogP contribution >= 0.6 is 0 Å². The molecule has 0 saturated heterocycles. The molecule has 0 fully saturated rings. The van der Waals surface area contributed by atoms with Crippen molar-refractivity contribution in [2.75, 3.05) is 0 Å². The number of aromatic nitrogens is 2. The van der Waals surface area contributed by atoms with Gasteiger partial charge in [-0.15, -0.1) is 0 Å². The lowest BCUT2D eigenvalue weighted by Crippen LogP contribution is -2.25. The van der Waals surface area contributed by atoms with E-state index in [1.165, 1.54) is 6.33 Å². The van der Waals surface area contributed by atoms with Gasteiger partial charge in [0.05, 0.1) is 17.8 Å². The molecular formula is C14H19N3O2S. The lowest BCUT2D eigenvalue weighted by atomic mass is 10.0. The van der Waals surface area contributed by atoms with E-state index in [1.54, 1.807) is 6.20 Å². The number of nitrogens with one attached hydrogen (secondary N) is 2. The van der Waals surface area contributed by atoms with Crippen molar-refractivity contribution in [2.45, 2.75) is 39.1 Å². The summed E-state index contributed by atoms with van der Waals surface area (Å²) in [4.78, 5) is 7.13. The molecule has 0 bridgehead atoms. The molecule has 0 aliphatic heterocycles. The van der Waals surface area contributed by atoms with Crippen molar-refractivity contribution in [3.63, 3.8) is 0 Å². The Morgan fingerprint density at radius 1 is 1.15 bits per heavy atom. The first-order valence-corrected chi connectivity index (χ1v) is 7.85. The molecule has 2 aromatic rings. The molecule has 0 unspecified atom stereocenters. The Kier molecular flexibility index (Phi) is 3.96. The van der Waals surface area contributed by atoms with Crippen LogP contribution in [0.2, 0.25) is 0 Å². The fourth-order valence-electron chi connectivity index (χ4n) is 2.21. The minimum Gasteiger partial charge on any atom is -0.347 e. The maximum Gasteiger partial charge on any atom is 0.241 e. The van der Waals surface area contributed by atoms with Crippen LogP contribution in [-0.4, -0.2) is 18.4 Å². The van der Waals surface area contributed by atoms with Crippen LogP contribution in [0.15, 0.2) is 23.5 Å². The third kappa shape index (κ3) is 2.76. The van der Waals surface area contributed by atoms with Crippen LogP contribution in [0.5, 0.6) is 0 Å². The molecule has 5 nitrogen and oxygen atoms in total. The first kappa shape index (κ1) is 14.7. The van der Waals surface area contributed by atoms with Gasteiger partial charge in [0.15, 0.2) is 0 Å². The van der Waals surface area contributed by atoms with Crippen molar-refractivity contribution in [1.29, 1.82) is 0 Å². The largest absolute Gasteiger partial charge is 0.347 e. The summed E-state index contributed by atoms with van der Waals surface area (Å²) in [5.74, 6) is 0. The Morgan fingerprint density at radius 2 is 1.75 bits per heavy atom. The summed E-state index contributed by atoms with van der Waals surface area (Å²) in [5.41, 5.74) is 4.29. The van der Waals surface area contributed by atoms with Crippen molar-refractivity contribution in [3.05, 3.63) is 46.5 Å². The highest BCUT2D eigenvalue weighted by Crippen LogP contribution is 2.25. The normalized spacial score (nSPS) is 11.8. The maximum atomic E-state index is 12.5. The molecule has 1 heterocycles. The highest BCUT2D eigenvalue weighted by molar-refractivity contribution is 7.89. The first-order chi connectivity index (χ1) is 9.33. The fraction of sp³-hybridized carbons (Fsp3) is 0.357. The Morgan fingerprint density at radius 3 is 2.25 bits per heavy atom. The van der Waals surface area contributed by atoms with Crippen LogP contribution in [0, 0.1) is 27.7 Å². The van der Waals surface area contributed by atoms with E-state index in [-0.39, 0.29) is 6.54 Å². The molecule has 20 heavy (non-hydrogen) atoms. The predicted octanol–water partition coefficient (Wildman–Crippen LogP) is 2.12. The number of rotatable bonds is 4. The smallest absolute Gasteiger partial charge is 0.241 e. The molecule has 1 aromatic heterocycles. The zero-order valence-electron chi connectivity index (χ0n) is 12.1. The zero-order chi connectivity index (χ0) is 14.9. The molecule has 2 N–H and O–H groups in total. The molecule has 0 radical (unpaired) electrons. The summed E-state index contributed by atoms with van der Waals surface area (Å²) in [6.45, 7) is 7.73. The number of hydrogen-bond donors (Lipinski definition) is 2. The second-order valence-corrected chi connectivity index (χ2v) is 6.69. The van der Waals surface area contributed by atoms with E-state index in [0.717, 1.165) is 27.9 Å². The van der Waals surface area contributed by atoms with Crippen molar-refractivity contribution in [2.24, 2.45) is 0 Å². The van der Waals surface area contributed by atoms with E-state index in [4.69, 9.17) is 0 Å². The Balaban J connectivity index is 2.39. The lowest BCUT2D eigenvalue weighted by molar-refractivity contribution is 0.579. The topological polar surface area (TPSA) is 74.8 Å². The Labute approximate surface area is 119 Å². The van der Waals surface area contributed by atoms with Gasteiger partial charge < -0.3 is 4.98 Å². The zero-order valence-corrected chi connectivity index (χ0v) is 12.9. The average Bonchev–Trinajstić information content (AvgIpc) is 2.87. The number of aryl methyl sites for hydroxylation is 2. The monoisotopic (exact) mass is 293 g/mol. The van der Waals surface area contributed by atoms with Gasteiger partial charge >= 0.3 is 0 Å². The van der Waals surface area contributed by atoms with Crippen LogP contribution in [0.4, 0.5) is 0 Å². The van der Waals surface area contributed by atoms with Crippen molar-refractivity contribution in [3.8, 4) is 0 Å². The molecule has 2 rings (SSSR count). The molecule has 0 amide bonds. The number of benzene rings is 1. The second kappa shape index (κ2) is 5.38. The van der Waals surface area contributed by atoms with Crippen LogP contribution in [-0.2, 0) is 16.6 Å². The van der Waals surface area contributed by atoms with Gasteiger partial charge in [-0.05, 0) is 49.9 Å². The van der Waals surface area contributed by atoms with E-state index < -0.39 is 10.0 Å². The Bertz CT molecular complexity index is 693. The molecule has 0 saturated carbocycles. The van der Waals surface area contributed by atoms with Gasteiger partial charge in [-0.2, -0.15) is 0 Å². The van der Waals surface area contributed by atoms with Crippen molar-refractivity contribution < 1.29 is 8.42 Å². The highest BCUT2D eigenvalue weighted by atomic mass is 32.2. The van der Waals surface area contributed by atoms with Gasteiger partial charge in [0, 0.05) is 11.9 Å². The van der Waals surface area contributed by atoms with E-state index in [2.05, 4.69) is 14.7 Å². The molecule has 108 valence electrons. The maximum absolute atomic E-state index is 12.5. The molecule has 0 spiro atoms. The van der Waals surface area contributed by atoms with E-state index in [0.29, 0.717) is 4.90 Å². The lowest BCUT2D eigenvalue weighted by Gasteiger charge is -2.15. The van der Waals surface area contributed by atoms with E-state index >= 15 is 0 Å². The van der Waals surface area contributed by atoms with Gasteiger partial charge in [0.25, 0.3) is 0 Å². The first-order valence-electron chi connectivity index (χ1n) is 6.37. The molecular weight excluding hydrogens is 274 g/mol. The third-order valence-corrected chi connectivity index (χ3v) is 5.25. The molecule has 0 aliphatic rings. The van der Waals surface area contributed by atoms with Gasteiger partial charge in [0.1, 0.15) is 0 Å². The van der Waals surface area contributed by atoms with Gasteiger partial charge in [-0.3, -0.25) is 0 Å². The SMILES string of the molecule is Cc1cc(C)c(C)c(S(=O)(=O)NCc2cnc[nH]2)c1C. The van der Waals surface area contributed by atoms with Crippen LogP contribution in [0.3, 0.4) is 0 Å². The summed E-state index contributed by atoms with van der Waals surface area (Å²) in [6, 6.07) is 2.01. The van der Waals surface area contributed by atoms with Crippen LogP contribution in [0.25, 0.3) is 0 Å². The highest BCUT2D eigenvalue weighted by Gasteiger charge is 2.21. The molecule has 1 aromatic carbocycles. The summed E-state index contributed by atoms with van der Waals surface area (Å²) >= 11 is 0. The second-order valence-electron chi connectivity index (χ2n) is 4.99. The van der Waals surface area contributed by atoms with Crippen LogP contribution < -0.4 is 4.72 Å². The molecule has 6 heteroatoms. The standard InChI is InChI=1S/C14H19N3O2S/c1-9-5-10(2)12(4)14(11(9)3)20(18,19)17-7-13-6-15-8-16-13/h5-6,8,17H,7H2,1-4H3,(H,15,16). The number of imidazole rings is 1. The van der Waals surface area contributed by atoms with Gasteiger partial charge in [0.2, 0.25) is 10.0 Å². The van der Waals surface area contributed by atoms with Crippen molar-refractivity contribution >= 4 is 10.0 Å². The number of H-pyrrole nitrogens is 1. The summed E-state index contributed by atoms with van der Waals surface area (Å²) in [5, 5.41) is 0. The average molecular weight is 293 g/mol. The summed E-state index contributed by atoms with van der Waals surface area (Å²) < 4.78 is 27.7.